The van der Waals surface area contributed by atoms with Gasteiger partial charge in [-0.15, -0.1) is 0 Å². The van der Waals surface area contributed by atoms with Gasteiger partial charge in [0.05, 0.1) is 12.5 Å². The molecule has 0 saturated carbocycles. The van der Waals surface area contributed by atoms with Gasteiger partial charge in [0, 0.05) is 11.8 Å². The molecular formula is C14H11N3O2. The van der Waals surface area contributed by atoms with E-state index in [-0.39, 0.29) is 5.56 Å². The third kappa shape index (κ3) is 1.95. The van der Waals surface area contributed by atoms with E-state index in [9.17, 15) is 4.79 Å². The lowest BCUT2D eigenvalue weighted by molar-refractivity contribution is 0.415. The summed E-state index contributed by atoms with van der Waals surface area (Å²) in [4.78, 5) is 16.0. The highest BCUT2D eigenvalue weighted by molar-refractivity contribution is 5.90. The molecule has 0 unspecified atom stereocenters. The lowest BCUT2D eigenvalue weighted by Gasteiger charge is -2.05. The highest BCUT2D eigenvalue weighted by Crippen LogP contribution is 2.25. The molecule has 1 aromatic carbocycles. The van der Waals surface area contributed by atoms with Gasteiger partial charge in [0.25, 0.3) is 5.56 Å². The molecule has 0 saturated heterocycles. The first-order chi connectivity index (χ1) is 9.29. The largest absolute Gasteiger partial charge is 0.497 e. The van der Waals surface area contributed by atoms with E-state index in [1.165, 1.54) is 0 Å². The molecule has 3 aromatic rings. The van der Waals surface area contributed by atoms with Gasteiger partial charge < -0.3 is 4.74 Å². The number of benzene rings is 1. The molecule has 0 aliphatic rings. The zero-order chi connectivity index (χ0) is 13.2. The average Bonchev–Trinajstić information content (AvgIpc) is 2.48. The Bertz CT molecular complexity index is 796. The van der Waals surface area contributed by atoms with E-state index in [1.54, 1.807) is 25.4 Å². The number of H-pyrrole nitrogens is 1. The Morgan fingerprint density at radius 1 is 1.21 bits per heavy atom. The Morgan fingerprint density at radius 3 is 2.95 bits per heavy atom. The van der Waals surface area contributed by atoms with Gasteiger partial charge in [-0.05, 0) is 24.3 Å². The summed E-state index contributed by atoms with van der Waals surface area (Å²) < 4.78 is 5.19. The van der Waals surface area contributed by atoms with Crippen molar-refractivity contribution >= 4 is 10.9 Å². The summed E-state index contributed by atoms with van der Waals surface area (Å²) in [5, 5.41) is 7.11. The molecule has 0 aliphatic carbocycles. The molecule has 0 fully saturated rings. The Balaban J connectivity index is 2.31. The maximum Gasteiger partial charge on any atom is 0.273 e. The second kappa shape index (κ2) is 4.53. The molecule has 0 bridgehead atoms. The van der Waals surface area contributed by atoms with Gasteiger partial charge in [-0.25, -0.2) is 5.10 Å². The van der Waals surface area contributed by atoms with Crippen molar-refractivity contribution in [2.45, 2.75) is 0 Å². The fraction of sp³-hybridized carbons (Fsp3) is 0.0714. The van der Waals surface area contributed by atoms with Crippen molar-refractivity contribution in [2.75, 3.05) is 7.11 Å². The van der Waals surface area contributed by atoms with Crippen molar-refractivity contribution in [2.24, 2.45) is 0 Å². The third-order valence-corrected chi connectivity index (χ3v) is 2.89. The zero-order valence-electron chi connectivity index (χ0n) is 10.3. The zero-order valence-corrected chi connectivity index (χ0v) is 10.3. The van der Waals surface area contributed by atoms with Crippen molar-refractivity contribution in [3.05, 3.63) is 52.9 Å². The monoisotopic (exact) mass is 253 g/mol. The third-order valence-electron chi connectivity index (χ3n) is 2.89. The van der Waals surface area contributed by atoms with E-state index in [4.69, 9.17) is 4.74 Å². The maximum atomic E-state index is 11.7. The molecule has 0 atom stereocenters. The fourth-order valence-corrected chi connectivity index (χ4v) is 1.97. The minimum absolute atomic E-state index is 0.241. The van der Waals surface area contributed by atoms with E-state index in [2.05, 4.69) is 15.2 Å². The number of hydrogen-bond donors (Lipinski definition) is 1. The van der Waals surface area contributed by atoms with Gasteiger partial charge in [0.1, 0.15) is 17.0 Å². The first-order valence-electron chi connectivity index (χ1n) is 5.77. The smallest absolute Gasteiger partial charge is 0.273 e. The standard InChI is InChI=1S/C14H11N3O2/c1-19-10-5-2-4-9(8-10)12-13-11(6-3-7-15-13)14(18)17-16-12/h2-8H,1H3,(H,17,18). The predicted octanol–water partition coefficient (Wildman–Crippen LogP) is 1.99. The number of fused-ring (bicyclic) bond motifs is 1. The van der Waals surface area contributed by atoms with Crippen LogP contribution in [0.15, 0.2) is 47.4 Å². The van der Waals surface area contributed by atoms with E-state index in [1.807, 2.05) is 24.3 Å². The minimum Gasteiger partial charge on any atom is -0.497 e. The number of methoxy groups -OCH3 is 1. The molecule has 3 rings (SSSR count). The van der Waals surface area contributed by atoms with Crippen LogP contribution in [0, 0.1) is 0 Å². The number of nitrogens with one attached hydrogen (secondary N) is 1. The number of pyridine rings is 1. The number of hydrogen-bond acceptors (Lipinski definition) is 4. The van der Waals surface area contributed by atoms with Gasteiger partial charge in [-0.2, -0.15) is 5.10 Å². The summed E-state index contributed by atoms with van der Waals surface area (Å²) in [6.45, 7) is 0. The summed E-state index contributed by atoms with van der Waals surface area (Å²) in [7, 11) is 1.61. The molecule has 0 spiro atoms. The predicted molar refractivity (Wildman–Crippen MR) is 72.1 cm³/mol. The number of ether oxygens (including phenoxy) is 1. The van der Waals surface area contributed by atoms with E-state index in [0.717, 1.165) is 11.3 Å². The van der Waals surface area contributed by atoms with Crippen molar-refractivity contribution in [1.29, 1.82) is 0 Å². The van der Waals surface area contributed by atoms with Gasteiger partial charge in [-0.1, -0.05) is 12.1 Å². The first-order valence-corrected chi connectivity index (χ1v) is 5.77. The first kappa shape index (κ1) is 11.4. The summed E-state index contributed by atoms with van der Waals surface area (Å²) in [5.74, 6) is 0.731. The number of rotatable bonds is 2. The fourth-order valence-electron chi connectivity index (χ4n) is 1.97. The number of aromatic nitrogens is 3. The van der Waals surface area contributed by atoms with Crippen LogP contribution in [-0.2, 0) is 0 Å². The molecule has 0 aliphatic heterocycles. The van der Waals surface area contributed by atoms with E-state index < -0.39 is 0 Å². The van der Waals surface area contributed by atoms with Gasteiger partial charge >= 0.3 is 0 Å². The molecule has 5 heteroatoms. The van der Waals surface area contributed by atoms with Gasteiger partial charge in [0.2, 0.25) is 0 Å². The van der Waals surface area contributed by atoms with Gasteiger partial charge in [-0.3, -0.25) is 9.78 Å². The van der Waals surface area contributed by atoms with Crippen LogP contribution in [-0.4, -0.2) is 22.3 Å². The topological polar surface area (TPSA) is 67.9 Å². The second-order valence-corrected chi connectivity index (χ2v) is 4.03. The number of aromatic amines is 1. The Hall–Kier alpha value is -2.69. The molecule has 2 aromatic heterocycles. The molecular weight excluding hydrogens is 242 g/mol. The lowest BCUT2D eigenvalue weighted by Crippen LogP contribution is -2.10. The molecule has 5 nitrogen and oxygen atoms in total. The van der Waals surface area contributed by atoms with Crippen LogP contribution >= 0.6 is 0 Å². The van der Waals surface area contributed by atoms with Crippen molar-refractivity contribution in [3.8, 4) is 17.0 Å². The van der Waals surface area contributed by atoms with Crippen LogP contribution in [0.5, 0.6) is 5.75 Å². The SMILES string of the molecule is COc1cccc(-c2n[nH]c(=O)c3cccnc23)c1. The van der Waals surface area contributed by atoms with Crippen LogP contribution in [0.2, 0.25) is 0 Å². The molecule has 2 heterocycles. The van der Waals surface area contributed by atoms with Crippen molar-refractivity contribution < 1.29 is 4.74 Å². The molecule has 0 radical (unpaired) electrons. The van der Waals surface area contributed by atoms with Crippen LogP contribution in [0.3, 0.4) is 0 Å². The maximum absolute atomic E-state index is 11.7. The highest BCUT2D eigenvalue weighted by atomic mass is 16.5. The summed E-state index contributed by atoms with van der Waals surface area (Å²) in [6.07, 6.45) is 1.65. The second-order valence-electron chi connectivity index (χ2n) is 4.03. The Morgan fingerprint density at radius 2 is 2.11 bits per heavy atom. The Kier molecular flexibility index (Phi) is 2.72. The van der Waals surface area contributed by atoms with Crippen LogP contribution in [0.4, 0.5) is 0 Å². The average molecular weight is 253 g/mol. The highest BCUT2D eigenvalue weighted by Gasteiger charge is 2.09. The minimum atomic E-state index is -0.241. The Labute approximate surface area is 108 Å². The number of nitrogens with zero attached hydrogens (tertiary/aromatic N) is 2. The van der Waals surface area contributed by atoms with Crippen molar-refractivity contribution in [3.63, 3.8) is 0 Å². The molecule has 19 heavy (non-hydrogen) atoms. The van der Waals surface area contributed by atoms with E-state index in [0.29, 0.717) is 16.6 Å². The normalized spacial score (nSPS) is 10.6. The van der Waals surface area contributed by atoms with Crippen LogP contribution in [0.1, 0.15) is 0 Å². The summed E-state index contributed by atoms with van der Waals surface area (Å²) in [6, 6.07) is 10.9. The van der Waals surface area contributed by atoms with Crippen LogP contribution in [0.25, 0.3) is 22.2 Å². The summed E-state index contributed by atoms with van der Waals surface area (Å²) >= 11 is 0. The summed E-state index contributed by atoms with van der Waals surface area (Å²) in [5.41, 5.74) is 1.82. The molecule has 94 valence electrons. The van der Waals surface area contributed by atoms with Gasteiger partial charge in [0.15, 0.2) is 0 Å². The van der Waals surface area contributed by atoms with E-state index >= 15 is 0 Å². The molecule has 0 amide bonds. The quantitative estimate of drug-likeness (QED) is 0.758. The lowest BCUT2D eigenvalue weighted by atomic mass is 10.1. The van der Waals surface area contributed by atoms with Crippen LogP contribution < -0.4 is 10.3 Å². The van der Waals surface area contributed by atoms with Crippen molar-refractivity contribution in [1.82, 2.24) is 15.2 Å². The molecule has 1 N–H and O–H groups in total.